The fourth-order valence-electron chi connectivity index (χ4n) is 1.55. The molecule has 3 heteroatoms. The lowest BCUT2D eigenvalue weighted by Crippen LogP contribution is -2.03. The van der Waals surface area contributed by atoms with Gasteiger partial charge in [-0.25, -0.2) is 0 Å². The van der Waals surface area contributed by atoms with Gasteiger partial charge in [0, 0.05) is 6.20 Å². The third-order valence-corrected chi connectivity index (χ3v) is 2.50. The van der Waals surface area contributed by atoms with Crippen LogP contribution in [0.4, 0.5) is 0 Å². The van der Waals surface area contributed by atoms with Crippen LogP contribution in [0, 0.1) is 0 Å². The number of esters is 1. The summed E-state index contributed by atoms with van der Waals surface area (Å²) in [6.45, 7) is 0.221. The van der Waals surface area contributed by atoms with Gasteiger partial charge in [-0.3, -0.25) is 9.78 Å². The number of hydrogen-bond donors (Lipinski definition) is 0. The first kappa shape index (κ1) is 13.0. The molecule has 0 spiro atoms. The van der Waals surface area contributed by atoms with E-state index in [4.69, 9.17) is 4.74 Å². The highest BCUT2D eigenvalue weighted by molar-refractivity contribution is 5.72. The molecule has 0 radical (unpaired) electrons. The van der Waals surface area contributed by atoms with Gasteiger partial charge in [-0.15, -0.1) is 0 Å². The lowest BCUT2D eigenvalue weighted by atomic mass is 10.2. The lowest BCUT2D eigenvalue weighted by Gasteiger charge is -2.01. The van der Waals surface area contributed by atoms with E-state index >= 15 is 0 Å². The molecule has 0 aliphatic heterocycles. The minimum Gasteiger partial charge on any atom is -0.459 e. The largest absolute Gasteiger partial charge is 0.459 e. The third kappa shape index (κ3) is 4.76. The van der Waals surface area contributed by atoms with E-state index < -0.39 is 0 Å². The van der Waals surface area contributed by atoms with Crippen LogP contribution in [0.2, 0.25) is 0 Å². The van der Waals surface area contributed by atoms with Crippen LogP contribution in [-0.2, 0) is 16.1 Å². The van der Waals surface area contributed by atoms with Crippen molar-refractivity contribution >= 4 is 12.0 Å². The topological polar surface area (TPSA) is 39.2 Å². The minimum absolute atomic E-state index is 0.221. The molecule has 0 amide bonds. The number of nitrogens with zero attached hydrogens (tertiary/aromatic N) is 1. The number of pyridine rings is 1. The number of hydrogen-bond acceptors (Lipinski definition) is 3. The summed E-state index contributed by atoms with van der Waals surface area (Å²) in [7, 11) is 0. The number of carbonyl (C=O) groups excluding carboxylic acids is 1. The second-order valence-electron chi connectivity index (χ2n) is 4.00. The van der Waals surface area contributed by atoms with Crippen molar-refractivity contribution in [3.8, 4) is 0 Å². The summed E-state index contributed by atoms with van der Waals surface area (Å²) < 4.78 is 5.11. The highest BCUT2D eigenvalue weighted by Gasteiger charge is 2.00. The fraction of sp³-hybridized carbons (Fsp3) is 0.125. The molecule has 0 aliphatic rings. The molecule has 1 aromatic carbocycles. The molecule has 0 saturated heterocycles. The molecule has 0 fully saturated rings. The van der Waals surface area contributed by atoms with Crippen molar-refractivity contribution in [2.75, 3.05) is 0 Å². The zero-order valence-electron chi connectivity index (χ0n) is 10.5. The van der Waals surface area contributed by atoms with Crippen LogP contribution < -0.4 is 0 Å². The van der Waals surface area contributed by atoms with Crippen molar-refractivity contribution in [1.29, 1.82) is 0 Å². The van der Waals surface area contributed by atoms with Crippen LogP contribution in [0.5, 0.6) is 0 Å². The highest BCUT2D eigenvalue weighted by atomic mass is 16.5. The minimum atomic E-state index is -0.252. The Hall–Kier alpha value is -2.42. The average molecular weight is 253 g/mol. The Bertz CT molecular complexity index is 535. The van der Waals surface area contributed by atoms with E-state index in [1.807, 2.05) is 54.6 Å². The SMILES string of the molecule is O=C(C/C=C/c1ccccc1)OCc1ccccn1. The van der Waals surface area contributed by atoms with E-state index in [0.717, 1.165) is 11.3 Å². The number of carbonyl (C=O) groups is 1. The van der Waals surface area contributed by atoms with Gasteiger partial charge in [-0.05, 0) is 17.7 Å². The van der Waals surface area contributed by atoms with E-state index in [1.165, 1.54) is 0 Å². The number of benzene rings is 1. The monoisotopic (exact) mass is 253 g/mol. The van der Waals surface area contributed by atoms with Gasteiger partial charge in [-0.2, -0.15) is 0 Å². The summed E-state index contributed by atoms with van der Waals surface area (Å²) in [5.41, 5.74) is 1.82. The van der Waals surface area contributed by atoms with E-state index in [9.17, 15) is 4.79 Å². The quantitative estimate of drug-likeness (QED) is 0.768. The van der Waals surface area contributed by atoms with Crippen molar-refractivity contribution in [1.82, 2.24) is 4.98 Å². The van der Waals surface area contributed by atoms with E-state index in [-0.39, 0.29) is 19.0 Å². The predicted octanol–water partition coefficient (Wildman–Crippen LogP) is 3.23. The van der Waals surface area contributed by atoms with Gasteiger partial charge in [0.15, 0.2) is 0 Å². The maximum atomic E-state index is 11.5. The average Bonchev–Trinajstić information content (AvgIpc) is 2.47. The summed E-state index contributed by atoms with van der Waals surface area (Å²) in [4.78, 5) is 15.6. The first-order valence-electron chi connectivity index (χ1n) is 6.12. The molecule has 2 rings (SSSR count). The van der Waals surface area contributed by atoms with Gasteiger partial charge in [0.05, 0.1) is 12.1 Å². The van der Waals surface area contributed by atoms with Gasteiger partial charge in [0.2, 0.25) is 0 Å². The Morgan fingerprint density at radius 2 is 1.89 bits per heavy atom. The first-order valence-corrected chi connectivity index (χ1v) is 6.12. The molecule has 1 heterocycles. The maximum absolute atomic E-state index is 11.5. The Balaban J connectivity index is 1.75. The number of rotatable bonds is 5. The molecule has 2 aromatic rings. The summed E-state index contributed by atoms with van der Waals surface area (Å²) in [5.74, 6) is -0.252. The Kier molecular flexibility index (Phi) is 4.87. The van der Waals surface area contributed by atoms with Crippen LogP contribution in [-0.4, -0.2) is 11.0 Å². The van der Waals surface area contributed by atoms with Crippen LogP contribution >= 0.6 is 0 Å². The molecule has 96 valence electrons. The zero-order valence-corrected chi connectivity index (χ0v) is 10.5. The van der Waals surface area contributed by atoms with Gasteiger partial charge in [-0.1, -0.05) is 48.6 Å². The van der Waals surface area contributed by atoms with Crippen LogP contribution in [0.15, 0.2) is 60.8 Å². The number of ether oxygens (including phenoxy) is 1. The normalized spacial score (nSPS) is 10.5. The smallest absolute Gasteiger partial charge is 0.310 e. The van der Waals surface area contributed by atoms with Crippen molar-refractivity contribution in [2.45, 2.75) is 13.0 Å². The molecule has 0 saturated carbocycles. The fourth-order valence-corrected chi connectivity index (χ4v) is 1.55. The first-order chi connectivity index (χ1) is 9.34. The second kappa shape index (κ2) is 7.11. The van der Waals surface area contributed by atoms with Gasteiger partial charge < -0.3 is 4.74 Å². The summed E-state index contributed by atoms with van der Waals surface area (Å²) in [5, 5.41) is 0. The Morgan fingerprint density at radius 1 is 1.11 bits per heavy atom. The van der Waals surface area contributed by atoms with Gasteiger partial charge in [0.25, 0.3) is 0 Å². The van der Waals surface area contributed by atoms with E-state index in [2.05, 4.69) is 4.98 Å². The molecule has 0 atom stereocenters. The second-order valence-corrected chi connectivity index (χ2v) is 4.00. The van der Waals surface area contributed by atoms with Crippen LogP contribution in [0.3, 0.4) is 0 Å². The Labute approximate surface area is 112 Å². The zero-order chi connectivity index (χ0) is 13.3. The van der Waals surface area contributed by atoms with Crippen molar-refractivity contribution < 1.29 is 9.53 Å². The predicted molar refractivity (Wildman–Crippen MR) is 74.1 cm³/mol. The van der Waals surface area contributed by atoms with Crippen molar-refractivity contribution in [3.05, 3.63) is 72.1 Å². The summed E-state index contributed by atoms with van der Waals surface area (Å²) >= 11 is 0. The standard InChI is InChI=1S/C16H15NO2/c18-16(19-13-15-10-4-5-12-17-15)11-6-9-14-7-2-1-3-8-14/h1-10,12H,11,13H2/b9-6+. The molecule has 0 unspecified atom stereocenters. The summed E-state index contributed by atoms with van der Waals surface area (Å²) in [6.07, 6.45) is 5.65. The summed E-state index contributed by atoms with van der Waals surface area (Å²) in [6, 6.07) is 15.4. The number of aromatic nitrogens is 1. The van der Waals surface area contributed by atoms with Gasteiger partial charge >= 0.3 is 5.97 Å². The highest BCUT2D eigenvalue weighted by Crippen LogP contribution is 2.03. The molecule has 0 aliphatic carbocycles. The van der Waals surface area contributed by atoms with Crippen LogP contribution in [0.1, 0.15) is 17.7 Å². The molecular weight excluding hydrogens is 238 g/mol. The lowest BCUT2D eigenvalue weighted by molar-refractivity contribution is -0.144. The van der Waals surface area contributed by atoms with E-state index in [0.29, 0.717) is 0 Å². The molecule has 3 nitrogen and oxygen atoms in total. The maximum Gasteiger partial charge on any atom is 0.310 e. The molecule has 0 bridgehead atoms. The van der Waals surface area contributed by atoms with Gasteiger partial charge in [0.1, 0.15) is 6.61 Å². The molecule has 0 N–H and O–H groups in total. The third-order valence-electron chi connectivity index (χ3n) is 2.50. The molecule has 19 heavy (non-hydrogen) atoms. The van der Waals surface area contributed by atoms with Crippen LogP contribution in [0.25, 0.3) is 6.08 Å². The Morgan fingerprint density at radius 3 is 2.63 bits per heavy atom. The van der Waals surface area contributed by atoms with Crippen molar-refractivity contribution in [2.24, 2.45) is 0 Å². The van der Waals surface area contributed by atoms with Crippen molar-refractivity contribution in [3.63, 3.8) is 0 Å². The van der Waals surface area contributed by atoms with E-state index in [1.54, 1.807) is 12.3 Å². The molecule has 1 aromatic heterocycles. The molecular formula is C16H15NO2.